The maximum absolute atomic E-state index is 12.1. The van der Waals surface area contributed by atoms with Crippen LogP contribution in [-0.2, 0) is 16.1 Å². The maximum Gasteiger partial charge on any atom is 0.412 e. The molecule has 0 radical (unpaired) electrons. The second kappa shape index (κ2) is 7.56. The summed E-state index contributed by atoms with van der Waals surface area (Å²) in [6.07, 6.45) is 0.204. The van der Waals surface area contributed by atoms with E-state index in [1.165, 1.54) is 0 Å². The van der Waals surface area contributed by atoms with E-state index in [9.17, 15) is 14.7 Å². The second-order valence-electron chi connectivity index (χ2n) is 8.00. The summed E-state index contributed by atoms with van der Waals surface area (Å²) in [6.45, 7) is 7.53. The summed E-state index contributed by atoms with van der Waals surface area (Å²) in [7, 11) is 0. The van der Waals surface area contributed by atoms with Gasteiger partial charge in [-0.1, -0.05) is 30.3 Å². The summed E-state index contributed by atoms with van der Waals surface area (Å²) in [5, 5.41) is 14.0. The fourth-order valence-corrected chi connectivity index (χ4v) is 3.44. The number of aliphatic carboxylic acids is 1. The van der Waals surface area contributed by atoms with E-state index in [0.717, 1.165) is 22.9 Å². The highest BCUT2D eigenvalue weighted by Gasteiger charge is 2.28. The third-order valence-corrected chi connectivity index (χ3v) is 4.67. The smallest absolute Gasteiger partial charge is 0.412 e. The van der Waals surface area contributed by atoms with Gasteiger partial charge in [-0.25, -0.2) is 4.79 Å². The number of anilines is 1. The van der Waals surface area contributed by atoms with Gasteiger partial charge in [0.05, 0.1) is 11.6 Å². The molecule has 6 nitrogen and oxygen atoms in total. The van der Waals surface area contributed by atoms with E-state index in [2.05, 4.69) is 10.2 Å². The second-order valence-corrected chi connectivity index (χ2v) is 8.00. The van der Waals surface area contributed by atoms with Gasteiger partial charge in [-0.05, 0) is 50.8 Å². The SMILES string of the molecule is CC(C)(C)OC(=O)Nc1ccc(CN2CCC(C(=O)O)C2)c2ccccc12. The van der Waals surface area contributed by atoms with Crippen molar-refractivity contribution >= 4 is 28.5 Å². The molecule has 2 aromatic rings. The molecule has 1 aliphatic rings. The van der Waals surface area contributed by atoms with Crippen LogP contribution in [0.25, 0.3) is 10.8 Å². The Morgan fingerprint density at radius 2 is 1.89 bits per heavy atom. The molecule has 2 N–H and O–H groups in total. The summed E-state index contributed by atoms with van der Waals surface area (Å²) >= 11 is 0. The number of amides is 1. The first-order valence-corrected chi connectivity index (χ1v) is 9.19. The lowest BCUT2D eigenvalue weighted by atomic mass is 10.0. The molecule has 3 rings (SSSR count). The van der Waals surface area contributed by atoms with Gasteiger partial charge in [0.15, 0.2) is 0 Å². The number of hydrogen-bond donors (Lipinski definition) is 2. The minimum atomic E-state index is -0.723. The molecule has 1 amide bonds. The number of carbonyl (C=O) groups excluding carboxylic acids is 1. The minimum absolute atomic E-state index is 0.288. The first-order chi connectivity index (χ1) is 12.7. The normalized spacial score (nSPS) is 17.8. The monoisotopic (exact) mass is 370 g/mol. The van der Waals surface area contributed by atoms with Crippen LogP contribution in [-0.4, -0.2) is 40.8 Å². The molecule has 0 aliphatic carbocycles. The van der Waals surface area contributed by atoms with Crippen LogP contribution in [0.1, 0.15) is 32.8 Å². The quantitative estimate of drug-likeness (QED) is 0.847. The molecule has 1 unspecified atom stereocenters. The highest BCUT2D eigenvalue weighted by Crippen LogP contribution is 2.29. The zero-order valence-electron chi connectivity index (χ0n) is 16.0. The van der Waals surface area contributed by atoms with Crippen LogP contribution in [0.15, 0.2) is 36.4 Å². The highest BCUT2D eigenvalue weighted by molar-refractivity contribution is 6.01. The van der Waals surface area contributed by atoms with E-state index < -0.39 is 17.7 Å². The van der Waals surface area contributed by atoms with Crippen LogP contribution < -0.4 is 5.32 Å². The lowest BCUT2D eigenvalue weighted by Gasteiger charge is -2.21. The molecular weight excluding hydrogens is 344 g/mol. The maximum atomic E-state index is 12.1. The van der Waals surface area contributed by atoms with Crippen molar-refractivity contribution in [3.63, 3.8) is 0 Å². The summed E-state index contributed by atoms with van der Waals surface area (Å²) in [5.74, 6) is -1.01. The van der Waals surface area contributed by atoms with Crippen molar-refractivity contribution in [3.8, 4) is 0 Å². The number of likely N-dealkylation sites (tertiary alicyclic amines) is 1. The molecule has 27 heavy (non-hydrogen) atoms. The van der Waals surface area contributed by atoms with E-state index in [4.69, 9.17) is 4.74 Å². The van der Waals surface area contributed by atoms with Gasteiger partial charge in [0.1, 0.15) is 5.60 Å². The Balaban J connectivity index is 1.81. The van der Waals surface area contributed by atoms with E-state index in [1.807, 2.05) is 57.2 Å². The van der Waals surface area contributed by atoms with Crippen molar-refractivity contribution in [2.75, 3.05) is 18.4 Å². The van der Waals surface area contributed by atoms with Crippen molar-refractivity contribution in [1.82, 2.24) is 4.90 Å². The van der Waals surface area contributed by atoms with Crippen molar-refractivity contribution in [2.45, 2.75) is 39.3 Å². The van der Waals surface area contributed by atoms with Crippen molar-refractivity contribution in [1.29, 1.82) is 0 Å². The number of ether oxygens (including phenoxy) is 1. The van der Waals surface area contributed by atoms with Crippen LogP contribution in [0, 0.1) is 5.92 Å². The van der Waals surface area contributed by atoms with Gasteiger partial charge in [0.2, 0.25) is 0 Å². The number of fused-ring (bicyclic) bond motifs is 1. The fourth-order valence-electron chi connectivity index (χ4n) is 3.44. The van der Waals surface area contributed by atoms with E-state index in [0.29, 0.717) is 25.2 Å². The summed E-state index contributed by atoms with van der Waals surface area (Å²) in [4.78, 5) is 25.5. The third kappa shape index (κ3) is 4.77. The molecule has 1 fully saturated rings. The van der Waals surface area contributed by atoms with Gasteiger partial charge < -0.3 is 9.84 Å². The number of benzene rings is 2. The Morgan fingerprint density at radius 3 is 2.52 bits per heavy atom. The van der Waals surface area contributed by atoms with Crippen LogP contribution >= 0.6 is 0 Å². The predicted molar refractivity (Wildman–Crippen MR) is 105 cm³/mol. The number of rotatable bonds is 4. The summed E-state index contributed by atoms with van der Waals surface area (Å²) in [6, 6.07) is 11.8. The standard InChI is InChI=1S/C21H26N2O4/c1-21(2,3)27-20(26)22-18-9-8-14(16-6-4-5-7-17(16)18)12-23-11-10-15(13-23)19(24)25/h4-9,15H,10-13H2,1-3H3,(H,22,26)(H,24,25). The molecule has 0 bridgehead atoms. The highest BCUT2D eigenvalue weighted by atomic mass is 16.6. The van der Waals surface area contributed by atoms with E-state index >= 15 is 0 Å². The van der Waals surface area contributed by atoms with Gasteiger partial charge in [-0.2, -0.15) is 0 Å². The van der Waals surface area contributed by atoms with Gasteiger partial charge >= 0.3 is 12.1 Å². The van der Waals surface area contributed by atoms with Crippen molar-refractivity contribution in [2.24, 2.45) is 5.92 Å². The van der Waals surface area contributed by atoms with Crippen molar-refractivity contribution < 1.29 is 19.4 Å². The first-order valence-electron chi connectivity index (χ1n) is 9.19. The molecule has 6 heteroatoms. The number of nitrogens with one attached hydrogen (secondary N) is 1. The largest absolute Gasteiger partial charge is 0.481 e. The Hall–Kier alpha value is -2.60. The van der Waals surface area contributed by atoms with Gasteiger partial charge in [-0.3, -0.25) is 15.0 Å². The summed E-state index contributed by atoms with van der Waals surface area (Å²) in [5.41, 5.74) is 1.26. The Morgan fingerprint density at radius 1 is 1.19 bits per heavy atom. The third-order valence-electron chi connectivity index (χ3n) is 4.67. The fraction of sp³-hybridized carbons (Fsp3) is 0.429. The number of nitrogens with zero attached hydrogens (tertiary/aromatic N) is 1. The molecule has 1 atom stereocenters. The zero-order chi connectivity index (χ0) is 19.6. The molecule has 0 spiro atoms. The first kappa shape index (κ1) is 19.2. The van der Waals surface area contributed by atoms with Gasteiger partial charge in [0, 0.05) is 18.5 Å². The average Bonchev–Trinajstić information content (AvgIpc) is 3.04. The lowest BCUT2D eigenvalue weighted by molar-refractivity contribution is -0.141. The molecule has 1 heterocycles. The molecular formula is C21H26N2O4. The molecule has 144 valence electrons. The molecule has 1 saturated heterocycles. The van der Waals surface area contributed by atoms with Crippen LogP contribution in [0.4, 0.5) is 10.5 Å². The Labute approximate surface area is 159 Å². The minimum Gasteiger partial charge on any atom is -0.481 e. The summed E-state index contributed by atoms with van der Waals surface area (Å²) < 4.78 is 5.35. The zero-order valence-corrected chi connectivity index (χ0v) is 16.0. The number of carbonyl (C=O) groups is 2. The topological polar surface area (TPSA) is 78.9 Å². The van der Waals surface area contributed by atoms with E-state index in [1.54, 1.807) is 0 Å². The lowest BCUT2D eigenvalue weighted by Crippen LogP contribution is -2.27. The molecule has 0 aromatic heterocycles. The van der Waals surface area contributed by atoms with Crippen LogP contribution in [0.3, 0.4) is 0 Å². The van der Waals surface area contributed by atoms with Crippen LogP contribution in [0.5, 0.6) is 0 Å². The average molecular weight is 370 g/mol. The van der Waals surface area contributed by atoms with Gasteiger partial charge in [-0.15, -0.1) is 0 Å². The number of carboxylic acid groups (broad SMARTS) is 1. The Kier molecular flexibility index (Phi) is 5.37. The molecule has 0 saturated carbocycles. The molecule has 2 aromatic carbocycles. The number of hydrogen-bond acceptors (Lipinski definition) is 4. The number of carboxylic acids is 1. The van der Waals surface area contributed by atoms with Gasteiger partial charge in [0.25, 0.3) is 0 Å². The van der Waals surface area contributed by atoms with Crippen molar-refractivity contribution in [3.05, 3.63) is 42.0 Å². The van der Waals surface area contributed by atoms with Crippen LogP contribution in [0.2, 0.25) is 0 Å². The predicted octanol–water partition coefficient (Wildman–Crippen LogP) is 4.09. The molecule has 1 aliphatic heterocycles. The Bertz CT molecular complexity index is 857. The van der Waals surface area contributed by atoms with E-state index in [-0.39, 0.29) is 5.92 Å².